The predicted octanol–water partition coefficient (Wildman–Crippen LogP) is 3.21. The van der Waals surface area contributed by atoms with Crippen molar-refractivity contribution in [3.05, 3.63) is 11.8 Å². The van der Waals surface area contributed by atoms with Crippen molar-refractivity contribution >= 4 is 17.6 Å². The van der Waals surface area contributed by atoms with Gasteiger partial charge in [0.1, 0.15) is 5.82 Å². The molecule has 0 amide bonds. The van der Waals surface area contributed by atoms with Gasteiger partial charge in [-0.2, -0.15) is 0 Å². The number of piperidine rings is 1. The lowest BCUT2D eigenvalue weighted by molar-refractivity contribution is 0.167. The fraction of sp³-hybridized carbons (Fsp3) is 0.765. The summed E-state index contributed by atoms with van der Waals surface area (Å²) in [4.78, 5) is 14.3. The second kappa shape index (κ2) is 7.18. The van der Waals surface area contributed by atoms with E-state index in [9.17, 15) is 0 Å². The zero-order valence-corrected chi connectivity index (χ0v) is 14.9. The van der Waals surface area contributed by atoms with Crippen molar-refractivity contribution in [1.82, 2.24) is 14.9 Å². The summed E-state index contributed by atoms with van der Waals surface area (Å²) in [5.74, 6) is 1.96. The van der Waals surface area contributed by atoms with Crippen LogP contribution in [0.15, 0.2) is 11.2 Å². The topological polar surface area (TPSA) is 32.3 Å². The van der Waals surface area contributed by atoms with Crippen molar-refractivity contribution in [3.8, 4) is 0 Å². The highest BCUT2D eigenvalue weighted by atomic mass is 32.2. The Morgan fingerprint density at radius 2 is 1.82 bits per heavy atom. The largest absolute Gasteiger partial charge is 0.356 e. The highest BCUT2D eigenvalue weighted by molar-refractivity contribution is 7.98. The minimum Gasteiger partial charge on any atom is -0.356 e. The molecule has 0 saturated carbocycles. The van der Waals surface area contributed by atoms with Gasteiger partial charge in [0.2, 0.25) is 0 Å². The molecule has 2 fully saturated rings. The van der Waals surface area contributed by atoms with Crippen LogP contribution in [0.4, 0.5) is 5.82 Å². The Morgan fingerprint density at radius 3 is 2.45 bits per heavy atom. The molecule has 3 heterocycles. The molecule has 1 aromatic rings. The van der Waals surface area contributed by atoms with Crippen LogP contribution in [-0.4, -0.2) is 53.3 Å². The summed E-state index contributed by atoms with van der Waals surface area (Å²) < 4.78 is 0. The lowest BCUT2D eigenvalue weighted by Crippen LogP contribution is -2.43. The molecular formula is C17H28N4S. The Labute approximate surface area is 138 Å². The summed E-state index contributed by atoms with van der Waals surface area (Å²) in [6.07, 6.45) is 7.40. The normalized spacial score (nSPS) is 22.2. The molecule has 5 heteroatoms. The monoisotopic (exact) mass is 320 g/mol. The van der Waals surface area contributed by atoms with Crippen LogP contribution < -0.4 is 4.90 Å². The van der Waals surface area contributed by atoms with Crippen molar-refractivity contribution in [1.29, 1.82) is 0 Å². The maximum Gasteiger partial charge on any atom is 0.189 e. The number of likely N-dealkylation sites (tertiary alicyclic amines) is 1. The molecule has 2 aliphatic rings. The second-order valence-electron chi connectivity index (χ2n) is 6.66. The van der Waals surface area contributed by atoms with Crippen molar-refractivity contribution in [2.75, 3.05) is 37.3 Å². The third-order valence-corrected chi connectivity index (χ3v) is 5.81. The molecule has 0 bridgehead atoms. The first-order valence-corrected chi connectivity index (χ1v) is 9.78. The first-order chi connectivity index (χ1) is 10.7. The van der Waals surface area contributed by atoms with Gasteiger partial charge in [0.15, 0.2) is 5.16 Å². The van der Waals surface area contributed by atoms with Gasteiger partial charge < -0.3 is 9.80 Å². The van der Waals surface area contributed by atoms with Gasteiger partial charge in [-0.15, -0.1) is 0 Å². The highest BCUT2D eigenvalue weighted by Crippen LogP contribution is 2.29. The molecule has 4 nitrogen and oxygen atoms in total. The number of nitrogens with zero attached hydrogens (tertiary/aromatic N) is 4. The van der Waals surface area contributed by atoms with E-state index < -0.39 is 0 Å². The van der Waals surface area contributed by atoms with Gasteiger partial charge in [-0.1, -0.05) is 11.8 Å². The Balaban J connectivity index is 1.60. The number of rotatable bonds is 4. The lowest BCUT2D eigenvalue weighted by Gasteiger charge is -2.38. The molecule has 0 aromatic carbocycles. The summed E-state index contributed by atoms with van der Waals surface area (Å²) in [7, 11) is 0. The van der Waals surface area contributed by atoms with Crippen LogP contribution in [0.1, 0.15) is 38.3 Å². The maximum absolute atomic E-state index is 4.69. The molecule has 2 aliphatic heterocycles. The maximum atomic E-state index is 4.69. The Bertz CT molecular complexity index is 493. The van der Waals surface area contributed by atoms with Gasteiger partial charge in [0.25, 0.3) is 0 Å². The summed E-state index contributed by atoms with van der Waals surface area (Å²) in [6.45, 7) is 9.38. The number of hydrogen-bond donors (Lipinski definition) is 0. The van der Waals surface area contributed by atoms with Crippen molar-refractivity contribution in [3.63, 3.8) is 0 Å². The third kappa shape index (κ3) is 3.57. The van der Waals surface area contributed by atoms with E-state index >= 15 is 0 Å². The molecule has 3 rings (SSSR count). The number of hydrogen-bond acceptors (Lipinski definition) is 5. The molecular weight excluding hydrogens is 292 g/mol. The van der Waals surface area contributed by atoms with Crippen LogP contribution in [-0.2, 0) is 0 Å². The van der Waals surface area contributed by atoms with Crippen LogP contribution in [0.5, 0.6) is 0 Å². The van der Waals surface area contributed by atoms with Crippen molar-refractivity contribution < 1.29 is 0 Å². The Kier molecular flexibility index (Phi) is 5.24. The van der Waals surface area contributed by atoms with Gasteiger partial charge in [-0.25, -0.2) is 9.97 Å². The van der Waals surface area contributed by atoms with Gasteiger partial charge >= 0.3 is 0 Å². The van der Waals surface area contributed by atoms with E-state index in [-0.39, 0.29) is 0 Å². The van der Waals surface area contributed by atoms with Gasteiger partial charge in [-0.05, 0) is 64.8 Å². The average Bonchev–Trinajstić information content (AvgIpc) is 3.08. The van der Waals surface area contributed by atoms with Crippen molar-refractivity contribution in [2.24, 2.45) is 5.92 Å². The molecule has 0 spiro atoms. The summed E-state index contributed by atoms with van der Waals surface area (Å²) in [5.41, 5.74) is 1.07. The Morgan fingerprint density at radius 1 is 1.14 bits per heavy atom. The molecule has 0 unspecified atom stereocenters. The standard InChI is InChI=1S/C17H28N4S/c1-13-12-16(19-17(18-13)22-3)21-10-6-15(7-11-21)14(2)20-8-4-5-9-20/h12,14-15H,4-11H2,1-3H3/t14-/m1/s1. The highest BCUT2D eigenvalue weighted by Gasteiger charge is 2.29. The van der Waals surface area contributed by atoms with Crippen LogP contribution in [0.3, 0.4) is 0 Å². The smallest absolute Gasteiger partial charge is 0.189 e. The summed E-state index contributed by atoms with van der Waals surface area (Å²) in [6, 6.07) is 2.88. The van der Waals surface area contributed by atoms with Gasteiger partial charge in [0, 0.05) is 30.9 Å². The fourth-order valence-corrected chi connectivity index (χ4v) is 4.26. The fourth-order valence-electron chi connectivity index (χ4n) is 3.84. The molecule has 1 atom stereocenters. The molecule has 0 aliphatic carbocycles. The SMILES string of the molecule is CSc1nc(C)cc(N2CCC([C@@H](C)N3CCCC3)CC2)n1. The van der Waals surface area contributed by atoms with E-state index in [1.165, 1.54) is 38.8 Å². The summed E-state index contributed by atoms with van der Waals surface area (Å²) in [5, 5.41) is 0.891. The molecule has 0 radical (unpaired) electrons. The van der Waals surface area contributed by atoms with Crippen LogP contribution in [0.25, 0.3) is 0 Å². The average molecular weight is 321 g/mol. The number of anilines is 1. The minimum atomic E-state index is 0.749. The third-order valence-electron chi connectivity index (χ3n) is 5.27. The molecule has 2 saturated heterocycles. The lowest BCUT2D eigenvalue weighted by atomic mass is 9.89. The molecule has 122 valence electrons. The van der Waals surface area contributed by atoms with Gasteiger partial charge in [0.05, 0.1) is 0 Å². The Hall–Kier alpha value is -0.810. The van der Waals surface area contributed by atoms with Crippen molar-refractivity contribution in [2.45, 2.75) is 50.7 Å². The van der Waals surface area contributed by atoms with Crippen LogP contribution >= 0.6 is 11.8 Å². The first kappa shape index (κ1) is 16.1. The second-order valence-corrected chi connectivity index (χ2v) is 7.44. The number of thioether (sulfide) groups is 1. The minimum absolute atomic E-state index is 0.749. The molecule has 0 N–H and O–H groups in total. The number of aromatic nitrogens is 2. The summed E-state index contributed by atoms with van der Waals surface area (Å²) >= 11 is 1.63. The zero-order valence-electron chi connectivity index (χ0n) is 14.1. The van der Waals surface area contributed by atoms with E-state index in [0.29, 0.717) is 0 Å². The zero-order chi connectivity index (χ0) is 15.5. The number of aryl methyl sites for hydroxylation is 1. The van der Waals surface area contributed by atoms with Gasteiger partial charge in [-0.3, -0.25) is 0 Å². The molecule has 22 heavy (non-hydrogen) atoms. The quantitative estimate of drug-likeness (QED) is 0.628. The first-order valence-electron chi connectivity index (χ1n) is 8.56. The molecule has 1 aromatic heterocycles. The van der Waals surface area contributed by atoms with E-state index in [1.54, 1.807) is 11.8 Å². The van der Waals surface area contributed by atoms with Crippen LogP contribution in [0, 0.1) is 12.8 Å². The van der Waals surface area contributed by atoms with E-state index in [1.807, 2.05) is 6.26 Å². The predicted molar refractivity (Wildman–Crippen MR) is 93.8 cm³/mol. The van der Waals surface area contributed by atoms with E-state index in [0.717, 1.165) is 41.7 Å². The van der Waals surface area contributed by atoms with E-state index in [2.05, 4.69) is 34.7 Å². The van der Waals surface area contributed by atoms with E-state index in [4.69, 9.17) is 4.98 Å². The van der Waals surface area contributed by atoms with Crippen LogP contribution in [0.2, 0.25) is 0 Å².